The van der Waals surface area contributed by atoms with Crippen molar-refractivity contribution in [2.45, 2.75) is 12.6 Å². The molecule has 24 heavy (non-hydrogen) atoms. The van der Waals surface area contributed by atoms with Gasteiger partial charge in [0.2, 0.25) is 0 Å². The van der Waals surface area contributed by atoms with Crippen LogP contribution in [0.5, 0.6) is 11.5 Å². The van der Waals surface area contributed by atoms with E-state index in [0.717, 1.165) is 5.56 Å². The molecule has 2 rings (SSSR count). The second kappa shape index (κ2) is 8.04. The second-order valence-electron chi connectivity index (χ2n) is 5.36. The fourth-order valence-corrected chi connectivity index (χ4v) is 2.79. The Morgan fingerprint density at radius 3 is 2.50 bits per heavy atom. The maximum Gasteiger partial charge on any atom is 0.325 e. The fraction of sp³-hybridized carbons (Fsp3) is 0.278. The van der Waals surface area contributed by atoms with Crippen LogP contribution < -0.4 is 9.47 Å². The molecule has 0 bridgehead atoms. The third-order valence-electron chi connectivity index (χ3n) is 3.78. The third-order valence-corrected chi connectivity index (χ3v) is 4.15. The van der Waals surface area contributed by atoms with Crippen LogP contribution in [0.25, 0.3) is 0 Å². The van der Waals surface area contributed by atoms with E-state index >= 15 is 0 Å². The number of carboxylic acid groups (broad SMARTS) is 1. The number of methoxy groups -OCH3 is 2. The maximum absolute atomic E-state index is 11.9. The van der Waals surface area contributed by atoms with Crippen LogP contribution in [0.3, 0.4) is 0 Å². The summed E-state index contributed by atoms with van der Waals surface area (Å²) in [5, 5.41) is 10.4. The smallest absolute Gasteiger partial charge is 0.325 e. The Bertz CT molecular complexity index is 720. The van der Waals surface area contributed by atoms with Gasteiger partial charge in [-0.25, -0.2) is 0 Å². The van der Waals surface area contributed by atoms with Gasteiger partial charge >= 0.3 is 5.97 Å². The first-order chi connectivity index (χ1) is 11.5. The first-order valence-electron chi connectivity index (χ1n) is 7.36. The average molecular weight is 350 g/mol. The van der Waals surface area contributed by atoms with Gasteiger partial charge < -0.3 is 14.6 Å². The summed E-state index contributed by atoms with van der Waals surface area (Å²) in [5.74, 6) is 0.0912. The molecule has 0 aliphatic heterocycles. The summed E-state index contributed by atoms with van der Waals surface area (Å²) in [4.78, 5) is 13.6. The van der Waals surface area contributed by atoms with Gasteiger partial charge in [-0.1, -0.05) is 29.8 Å². The number of hydrogen-bond acceptors (Lipinski definition) is 4. The first-order valence-corrected chi connectivity index (χ1v) is 7.74. The Kier molecular flexibility index (Phi) is 6.06. The highest BCUT2D eigenvalue weighted by atomic mass is 35.5. The van der Waals surface area contributed by atoms with Crippen molar-refractivity contribution >= 4 is 17.6 Å². The summed E-state index contributed by atoms with van der Waals surface area (Å²) >= 11 is 6.19. The van der Waals surface area contributed by atoms with Crippen molar-refractivity contribution in [3.8, 4) is 11.5 Å². The molecular weight excluding hydrogens is 330 g/mol. The van der Waals surface area contributed by atoms with Gasteiger partial charge in [-0.3, -0.25) is 9.69 Å². The number of halogens is 1. The molecular formula is C18H20ClNO4. The van der Waals surface area contributed by atoms with Crippen LogP contribution in [0.2, 0.25) is 5.02 Å². The molecule has 0 amide bonds. The van der Waals surface area contributed by atoms with Gasteiger partial charge in [0.25, 0.3) is 0 Å². The zero-order valence-corrected chi connectivity index (χ0v) is 14.6. The highest BCUT2D eigenvalue weighted by Gasteiger charge is 2.28. The Hall–Kier alpha value is -2.24. The zero-order valence-electron chi connectivity index (χ0n) is 13.8. The van der Waals surface area contributed by atoms with Crippen molar-refractivity contribution in [3.63, 3.8) is 0 Å². The molecule has 0 saturated carbocycles. The lowest BCUT2D eigenvalue weighted by Crippen LogP contribution is -2.31. The highest BCUT2D eigenvalue weighted by molar-refractivity contribution is 6.31. The van der Waals surface area contributed by atoms with Crippen molar-refractivity contribution in [2.75, 3.05) is 21.3 Å². The molecule has 1 N–H and O–H groups in total. The quantitative estimate of drug-likeness (QED) is 0.827. The third kappa shape index (κ3) is 3.99. The van der Waals surface area contributed by atoms with E-state index in [4.69, 9.17) is 21.1 Å². The molecule has 0 aliphatic carbocycles. The minimum Gasteiger partial charge on any atom is -0.497 e. The Morgan fingerprint density at radius 1 is 1.21 bits per heavy atom. The van der Waals surface area contributed by atoms with E-state index in [1.165, 1.54) is 14.2 Å². The molecule has 2 aromatic carbocycles. The largest absolute Gasteiger partial charge is 0.497 e. The van der Waals surface area contributed by atoms with Crippen LogP contribution in [0.4, 0.5) is 0 Å². The van der Waals surface area contributed by atoms with Gasteiger partial charge in [0.05, 0.1) is 14.2 Å². The SMILES string of the molecule is COc1ccc(OC)c([C@H](C(=O)O)N(C)Cc2ccccc2Cl)c1. The van der Waals surface area contributed by atoms with Gasteiger partial charge in [-0.15, -0.1) is 0 Å². The van der Waals surface area contributed by atoms with Gasteiger partial charge in [0, 0.05) is 17.1 Å². The number of carbonyl (C=O) groups is 1. The standard InChI is InChI=1S/C18H20ClNO4/c1-20(11-12-6-4-5-7-15(12)19)17(18(21)22)14-10-13(23-2)8-9-16(14)24-3/h4-10,17H,11H2,1-3H3,(H,21,22)/t17-/m1/s1. The molecule has 0 spiro atoms. The molecule has 0 radical (unpaired) electrons. The molecule has 1 atom stereocenters. The highest BCUT2D eigenvalue weighted by Crippen LogP contribution is 2.33. The van der Waals surface area contributed by atoms with Gasteiger partial charge in [-0.05, 0) is 36.9 Å². The van der Waals surface area contributed by atoms with Crippen LogP contribution in [0.1, 0.15) is 17.2 Å². The molecule has 0 fully saturated rings. The number of nitrogens with zero attached hydrogens (tertiary/aromatic N) is 1. The lowest BCUT2D eigenvalue weighted by atomic mass is 10.0. The number of benzene rings is 2. The van der Waals surface area contributed by atoms with E-state index in [2.05, 4.69) is 0 Å². The lowest BCUT2D eigenvalue weighted by Gasteiger charge is -2.27. The molecule has 0 saturated heterocycles. The number of carboxylic acids is 1. The maximum atomic E-state index is 11.9. The number of rotatable bonds is 7. The normalized spacial score (nSPS) is 12.0. The summed E-state index contributed by atoms with van der Waals surface area (Å²) in [6, 6.07) is 11.6. The zero-order chi connectivity index (χ0) is 17.7. The van der Waals surface area contributed by atoms with Gasteiger partial charge in [-0.2, -0.15) is 0 Å². The number of ether oxygens (including phenoxy) is 2. The van der Waals surface area contributed by atoms with Crippen molar-refractivity contribution < 1.29 is 19.4 Å². The van der Waals surface area contributed by atoms with E-state index in [9.17, 15) is 9.90 Å². The van der Waals surface area contributed by atoms with E-state index in [-0.39, 0.29) is 0 Å². The summed E-state index contributed by atoms with van der Waals surface area (Å²) in [6.45, 7) is 0.386. The minimum absolute atomic E-state index is 0.386. The van der Waals surface area contributed by atoms with Gasteiger partial charge in [0.1, 0.15) is 17.5 Å². The molecule has 5 nitrogen and oxygen atoms in total. The van der Waals surface area contributed by atoms with Crippen LogP contribution in [-0.2, 0) is 11.3 Å². The summed E-state index contributed by atoms with van der Waals surface area (Å²) in [5.41, 5.74) is 1.38. The monoisotopic (exact) mass is 349 g/mol. The summed E-state index contributed by atoms with van der Waals surface area (Å²) in [7, 11) is 4.79. The van der Waals surface area contributed by atoms with Crippen molar-refractivity contribution in [1.82, 2.24) is 4.90 Å². The molecule has 0 aliphatic rings. The molecule has 128 valence electrons. The predicted octanol–water partition coefficient (Wildman–Crippen LogP) is 3.61. The van der Waals surface area contributed by atoms with E-state index in [0.29, 0.717) is 28.6 Å². The fourth-order valence-electron chi connectivity index (χ4n) is 2.60. The molecule has 6 heteroatoms. The van der Waals surface area contributed by atoms with Crippen molar-refractivity contribution in [1.29, 1.82) is 0 Å². The second-order valence-corrected chi connectivity index (χ2v) is 5.76. The van der Waals surface area contributed by atoms with E-state index < -0.39 is 12.0 Å². The number of hydrogen-bond donors (Lipinski definition) is 1. The average Bonchev–Trinajstić information content (AvgIpc) is 2.56. The van der Waals surface area contributed by atoms with Crippen LogP contribution in [0, 0.1) is 0 Å². The van der Waals surface area contributed by atoms with Crippen LogP contribution >= 0.6 is 11.6 Å². The van der Waals surface area contributed by atoms with Crippen molar-refractivity contribution in [3.05, 3.63) is 58.6 Å². The van der Waals surface area contributed by atoms with Gasteiger partial charge in [0.15, 0.2) is 0 Å². The molecule has 0 heterocycles. The van der Waals surface area contributed by atoms with E-state index in [1.807, 2.05) is 18.2 Å². The Labute approximate surface area is 146 Å². The lowest BCUT2D eigenvalue weighted by molar-refractivity contribution is -0.143. The first kappa shape index (κ1) is 18.1. The number of aliphatic carboxylic acids is 1. The van der Waals surface area contributed by atoms with Crippen LogP contribution in [-0.4, -0.2) is 37.2 Å². The predicted molar refractivity (Wildman–Crippen MR) is 92.8 cm³/mol. The molecule has 0 aromatic heterocycles. The number of likely N-dealkylation sites (N-methyl/N-ethyl adjacent to an activating group) is 1. The van der Waals surface area contributed by atoms with Crippen molar-refractivity contribution in [2.24, 2.45) is 0 Å². The molecule has 2 aromatic rings. The summed E-state index contributed by atoms with van der Waals surface area (Å²) in [6.07, 6.45) is 0. The Morgan fingerprint density at radius 2 is 1.92 bits per heavy atom. The van der Waals surface area contributed by atoms with E-state index in [1.54, 1.807) is 36.2 Å². The van der Waals surface area contributed by atoms with Crippen LogP contribution in [0.15, 0.2) is 42.5 Å². The minimum atomic E-state index is -0.976. The Balaban J connectivity index is 2.39. The molecule has 0 unspecified atom stereocenters. The summed E-state index contributed by atoms with van der Waals surface area (Å²) < 4.78 is 10.5. The topological polar surface area (TPSA) is 59.0 Å².